The number of aliphatic hydroxyl groups excluding tert-OH is 1. The van der Waals surface area contributed by atoms with Crippen molar-refractivity contribution in [2.75, 3.05) is 26.3 Å². The Labute approximate surface area is 130 Å². The number of benzene rings is 1. The van der Waals surface area contributed by atoms with Gasteiger partial charge >= 0.3 is 0 Å². The summed E-state index contributed by atoms with van der Waals surface area (Å²) >= 11 is 2.71. The number of ether oxygens (including phenoxy) is 1. The lowest BCUT2D eigenvalue weighted by molar-refractivity contribution is -0.147. The molecule has 2 rings (SSSR count). The van der Waals surface area contributed by atoms with Crippen molar-refractivity contribution < 1.29 is 19.0 Å². The van der Waals surface area contributed by atoms with Gasteiger partial charge in [-0.15, -0.1) is 0 Å². The standard InChI is InChI=1S/C14H14BrFN2O3/c15-14(16,13(20)18-5-7-21-8-6-18)12(19)11-3-1-10(9-17)2-4-11/h1-4,12,19H,5-8H2/t12-,14-/m0/s1. The molecule has 0 bridgehead atoms. The quantitative estimate of drug-likeness (QED) is 0.833. The van der Waals surface area contributed by atoms with Gasteiger partial charge in [-0.2, -0.15) is 5.26 Å². The molecule has 1 fully saturated rings. The van der Waals surface area contributed by atoms with Crippen molar-refractivity contribution in [3.8, 4) is 6.07 Å². The Hall–Kier alpha value is -1.49. The van der Waals surface area contributed by atoms with Gasteiger partial charge in [-0.05, 0) is 33.6 Å². The van der Waals surface area contributed by atoms with Crippen molar-refractivity contribution in [3.63, 3.8) is 0 Å². The lowest BCUT2D eigenvalue weighted by Crippen LogP contribution is -2.50. The van der Waals surface area contributed by atoms with Crippen molar-refractivity contribution >= 4 is 21.8 Å². The molecule has 0 radical (unpaired) electrons. The van der Waals surface area contributed by atoms with Crippen LogP contribution < -0.4 is 0 Å². The van der Waals surface area contributed by atoms with Gasteiger partial charge in [0.15, 0.2) is 0 Å². The van der Waals surface area contributed by atoms with E-state index in [9.17, 15) is 14.3 Å². The molecule has 1 saturated heterocycles. The molecule has 112 valence electrons. The molecule has 1 aliphatic heterocycles. The SMILES string of the molecule is N#Cc1ccc([C@H](O)[C@@](F)(Br)C(=O)N2CCOCC2)cc1. The fourth-order valence-electron chi connectivity index (χ4n) is 2.04. The fourth-order valence-corrected chi connectivity index (χ4v) is 2.56. The molecule has 1 aromatic carbocycles. The summed E-state index contributed by atoms with van der Waals surface area (Å²) in [4.78, 5) is 13.5. The van der Waals surface area contributed by atoms with E-state index in [4.69, 9.17) is 10.00 Å². The minimum atomic E-state index is -2.61. The van der Waals surface area contributed by atoms with Gasteiger partial charge in [-0.1, -0.05) is 12.1 Å². The number of hydrogen-bond acceptors (Lipinski definition) is 4. The first-order valence-corrected chi connectivity index (χ1v) is 7.19. The summed E-state index contributed by atoms with van der Waals surface area (Å²) in [5, 5.41) is 18.8. The molecule has 7 heteroatoms. The normalized spacial score (nSPS) is 19.4. The van der Waals surface area contributed by atoms with E-state index in [0.29, 0.717) is 18.8 Å². The first-order chi connectivity index (χ1) is 9.96. The molecule has 2 atom stereocenters. The highest BCUT2D eigenvalue weighted by molar-refractivity contribution is 9.10. The van der Waals surface area contributed by atoms with E-state index in [2.05, 4.69) is 15.9 Å². The van der Waals surface area contributed by atoms with Crippen LogP contribution in [0.5, 0.6) is 0 Å². The van der Waals surface area contributed by atoms with Crippen molar-refractivity contribution in [2.45, 2.75) is 10.7 Å². The van der Waals surface area contributed by atoms with Gasteiger partial charge in [-0.25, -0.2) is 4.39 Å². The van der Waals surface area contributed by atoms with Crippen molar-refractivity contribution in [3.05, 3.63) is 35.4 Å². The second-order valence-electron chi connectivity index (χ2n) is 4.66. The minimum absolute atomic E-state index is 0.218. The van der Waals surface area contributed by atoms with E-state index >= 15 is 0 Å². The lowest BCUT2D eigenvalue weighted by Gasteiger charge is -2.33. The number of nitriles is 1. The third-order valence-electron chi connectivity index (χ3n) is 3.28. The van der Waals surface area contributed by atoms with Crippen LogP contribution in [0.3, 0.4) is 0 Å². The van der Waals surface area contributed by atoms with Crippen LogP contribution in [-0.2, 0) is 9.53 Å². The topological polar surface area (TPSA) is 73.6 Å². The predicted molar refractivity (Wildman–Crippen MR) is 76.3 cm³/mol. The lowest BCUT2D eigenvalue weighted by atomic mass is 10.0. The van der Waals surface area contributed by atoms with Crippen LogP contribution >= 0.6 is 15.9 Å². The maximum absolute atomic E-state index is 14.7. The van der Waals surface area contributed by atoms with Crippen LogP contribution in [0.1, 0.15) is 17.2 Å². The van der Waals surface area contributed by atoms with E-state index in [1.165, 1.54) is 29.2 Å². The highest BCUT2D eigenvalue weighted by Crippen LogP contribution is 2.37. The Morgan fingerprint density at radius 1 is 1.43 bits per heavy atom. The van der Waals surface area contributed by atoms with Crippen LogP contribution in [-0.4, -0.2) is 46.8 Å². The van der Waals surface area contributed by atoms with Gasteiger partial charge in [-0.3, -0.25) is 4.79 Å². The molecule has 1 aromatic rings. The third-order valence-corrected chi connectivity index (χ3v) is 4.06. The van der Waals surface area contributed by atoms with E-state index in [1.807, 2.05) is 6.07 Å². The zero-order chi connectivity index (χ0) is 15.5. The van der Waals surface area contributed by atoms with Gasteiger partial charge in [0.25, 0.3) is 10.5 Å². The summed E-state index contributed by atoms with van der Waals surface area (Å²) in [6, 6.07) is 7.69. The number of carbonyl (C=O) groups is 1. The van der Waals surface area contributed by atoms with E-state index in [1.54, 1.807) is 0 Å². The fraction of sp³-hybridized carbons (Fsp3) is 0.429. The summed E-state index contributed by atoms with van der Waals surface area (Å²) in [7, 11) is 0. The molecule has 1 heterocycles. The number of morpholine rings is 1. The average molecular weight is 357 g/mol. The molecule has 5 nitrogen and oxygen atoms in total. The van der Waals surface area contributed by atoms with E-state index in [-0.39, 0.29) is 18.7 Å². The van der Waals surface area contributed by atoms with Gasteiger partial charge in [0.1, 0.15) is 6.10 Å². The van der Waals surface area contributed by atoms with Crippen molar-refractivity contribution in [1.82, 2.24) is 4.90 Å². The molecular weight excluding hydrogens is 343 g/mol. The minimum Gasteiger partial charge on any atom is -0.384 e. The van der Waals surface area contributed by atoms with Crippen molar-refractivity contribution in [2.24, 2.45) is 0 Å². The van der Waals surface area contributed by atoms with Gasteiger partial charge < -0.3 is 14.7 Å². The number of amides is 1. The Morgan fingerprint density at radius 3 is 2.52 bits per heavy atom. The highest BCUT2D eigenvalue weighted by atomic mass is 79.9. The molecular formula is C14H14BrFN2O3. The van der Waals surface area contributed by atoms with Gasteiger partial charge in [0.2, 0.25) is 0 Å². The van der Waals surface area contributed by atoms with E-state index < -0.39 is 16.6 Å². The predicted octanol–water partition coefficient (Wildman–Crippen LogP) is 1.51. The second-order valence-corrected chi connectivity index (χ2v) is 5.82. The number of halogens is 2. The number of alkyl halides is 2. The van der Waals surface area contributed by atoms with Gasteiger partial charge in [0.05, 0.1) is 24.8 Å². The number of nitrogens with zero attached hydrogens (tertiary/aromatic N) is 2. The first kappa shape index (κ1) is 15.9. The zero-order valence-corrected chi connectivity index (χ0v) is 12.7. The molecule has 1 N–H and O–H groups in total. The summed E-state index contributed by atoms with van der Waals surface area (Å²) < 4.78 is 17.2. The number of hydrogen-bond donors (Lipinski definition) is 1. The monoisotopic (exact) mass is 356 g/mol. The molecule has 0 aliphatic carbocycles. The number of aliphatic hydroxyl groups is 1. The van der Waals surface area contributed by atoms with Crippen molar-refractivity contribution in [1.29, 1.82) is 5.26 Å². The third kappa shape index (κ3) is 3.40. The molecule has 1 amide bonds. The smallest absolute Gasteiger partial charge is 0.274 e. The van der Waals surface area contributed by atoms with Crippen LogP contribution in [0.25, 0.3) is 0 Å². The summed E-state index contributed by atoms with van der Waals surface area (Å²) in [5.41, 5.74) is 0.611. The summed E-state index contributed by atoms with van der Waals surface area (Å²) in [6.07, 6.45) is -1.67. The van der Waals surface area contributed by atoms with Gasteiger partial charge in [0, 0.05) is 13.1 Å². The number of rotatable bonds is 3. The molecule has 0 aromatic heterocycles. The van der Waals surface area contributed by atoms with Crippen LogP contribution in [0, 0.1) is 11.3 Å². The highest BCUT2D eigenvalue weighted by Gasteiger charge is 2.46. The molecule has 21 heavy (non-hydrogen) atoms. The Balaban J connectivity index is 2.16. The number of carbonyl (C=O) groups excluding carboxylic acids is 1. The van der Waals surface area contributed by atoms with Crippen LogP contribution in [0.15, 0.2) is 24.3 Å². The van der Waals surface area contributed by atoms with Crippen LogP contribution in [0.4, 0.5) is 4.39 Å². The maximum Gasteiger partial charge on any atom is 0.274 e. The first-order valence-electron chi connectivity index (χ1n) is 6.40. The second kappa shape index (κ2) is 6.52. The summed E-state index contributed by atoms with van der Waals surface area (Å²) in [6.45, 7) is 1.27. The Morgan fingerprint density at radius 2 is 2.00 bits per heavy atom. The van der Waals surface area contributed by atoms with Crippen LogP contribution in [0.2, 0.25) is 0 Å². The largest absolute Gasteiger partial charge is 0.384 e. The Kier molecular flexibility index (Phi) is 4.93. The Bertz CT molecular complexity index is 550. The average Bonchev–Trinajstić information content (AvgIpc) is 2.54. The molecule has 0 spiro atoms. The maximum atomic E-state index is 14.7. The zero-order valence-electron chi connectivity index (χ0n) is 11.1. The van der Waals surface area contributed by atoms with E-state index in [0.717, 1.165) is 0 Å². The molecule has 0 unspecified atom stereocenters. The molecule has 1 aliphatic rings. The molecule has 0 saturated carbocycles. The summed E-state index contributed by atoms with van der Waals surface area (Å²) in [5.74, 6) is -0.831.